The molecule has 4 atom stereocenters. The normalized spacial score (nSPS) is 27.9. The number of benzene rings is 2. The van der Waals surface area contributed by atoms with Gasteiger partial charge in [0.15, 0.2) is 0 Å². The molecule has 3 aliphatic rings. The number of aromatic hydroxyl groups is 1. The molecule has 31 heavy (non-hydrogen) atoms. The van der Waals surface area contributed by atoms with E-state index in [1.54, 1.807) is 12.1 Å². The number of phenolic OH excluding ortho intramolecular Hbond substituents is 1. The number of halogens is 1. The van der Waals surface area contributed by atoms with Crippen LogP contribution in [0, 0.1) is 17.8 Å². The minimum absolute atomic E-state index is 0.147. The molecule has 2 aromatic rings. The zero-order chi connectivity index (χ0) is 21.5. The molecule has 2 heterocycles. The Labute approximate surface area is 187 Å². The lowest BCUT2D eigenvalue weighted by Gasteiger charge is -2.27. The first-order valence-corrected chi connectivity index (χ1v) is 11.4. The fraction of sp³-hybridized carbons (Fsp3) is 0.417. The van der Waals surface area contributed by atoms with Gasteiger partial charge < -0.3 is 5.11 Å². The fourth-order valence-corrected chi connectivity index (χ4v) is 5.58. The number of carbonyl (C=O) groups excluding carboxylic acids is 1. The molecule has 2 aliphatic heterocycles. The van der Waals surface area contributed by atoms with Crippen LogP contribution in [0.15, 0.2) is 53.6 Å². The van der Waals surface area contributed by atoms with Crippen molar-refractivity contribution < 1.29 is 9.90 Å². The van der Waals surface area contributed by atoms with Crippen molar-refractivity contribution in [2.45, 2.75) is 32.2 Å². The highest BCUT2D eigenvalue weighted by Crippen LogP contribution is 2.42. The number of hydrazine groups is 1. The van der Waals surface area contributed by atoms with Crippen LogP contribution in [-0.2, 0) is 4.79 Å². The van der Waals surface area contributed by atoms with E-state index in [0.29, 0.717) is 22.6 Å². The van der Waals surface area contributed by atoms with Crippen molar-refractivity contribution in [2.75, 3.05) is 18.1 Å². The van der Waals surface area contributed by atoms with Gasteiger partial charge in [0.2, 0.25) is 0 Å². The predicted octanol–water partition coefficient (Wildman–Crippen LogP) is 4.36. The van der Waals surface area contributed by atoms with Gasteiger partial charge in [-0.3, -0.25) is 15.2 Å². The summed E-state index contributed by atoms with van der Waals surface area (Å²) in [7, 11) is 0. The van der Waals surface area contributed by atoms with E-state index in [2.05, 4.69) is 10.4 Å². The standard InChI is InChI=1S/C24H27ClN4O2/c1-15-22(24(31)27-28-13-17-5-4-6-18(17)14-28)26-29(21-8-3-2-7-20(21)25)23(15)16-9-11-19(30)12-10-16/h2-3,7-12,15,17-18,23,30H,4-6,13-14H2,1H3,(H,27,31)/t15-,17?,18?,23+/m0/s1. The Hall–Kier alpha value is -2.57. The first kappa shape index (κ1) is 20.3. The maximum absolute atomic E-state index is 13.2. The Morgan fingerprint density at radius 2 is 1.77 bits per heavy atom. The minimum atomic E-state index is -0.195. The maximum atomic E-state index is 13.2. The molecule has 2 unspecified atom stereocenters. The third-order valence-electron chi connectivity index (χ3n) is 6.94. The molecule has 162 valence electrons. The third kappa shape index (κ3) is 3.79. The monoisotopic (exact) mass is 438 g/mol. The van der Waals surface area contributed by atoms with Crippen molar-refractivity contribution in [2.24, 2.45) is 22.9 Å². The van der Waals surface area contributed by atoms with E-state index in [1.165, 1.54) is 19.3 Å². The van der Waals surface area contributed by atoms with Crippen LogP contribution in [0.25, 0.3) is 0 Å². The summed E-state index contributed by atoms with van der Waals surface area (Å²) < 4.78 is 0. The number of nitrogens with one attached hydrogen (secondary N) is 1. The zero-order valence-corrected chi connectivity index (χ0v) is 18.3. The molecule has 2 N–H and O–H groups in total. The van der Waals surface area contributed by atoms with Crippen LogP contribution in [0.5, 0.6) is 5.75 Å². The number of anilines is 1. The molecule has 2 fully saturated rings. The topological polar surface area (TPSA) is 68.2 Å². The van der Waals surface area contributed by atoms with Gasteiger partial charge in [-0.05, 0) is 54.5 Å². The summed E-state index contributed by atoms with van der Waals surface area (Å²) in [5, 5.41) is 19.0. The van der Waals surface area contributed by atoms with Crippen molar-refractivity contribution in [1.82, 2.24) is 10.4 Å². The van der Waals surface area contributed by atoms with Crippen molar-refractivity contribution in [3.63, 3.8) is 0 Å². The summed E-state index contributed by atoms with van der Waals surface area (Å²) in [6.07, 6.45) is 3.83. The quantitative estimate of drug-likeness (QED) is 0.744. The number of para-hydroxylation sites is 1. The lowest BCUT2D eigenvalue weighted by molar-refractivity contribution is -0.119. The number of hydrogen-bond acceptors (Lipinski definition) is 5. The Kier molecular flexibility index (Phi) is 5.36. The van der Waals surface area contributed by atoms with Gasteiger partial charge >= 0.3 is 0 Å². The lowest BCUT2D eigenvalue weighted by Crippen LogP contribution is -2.45. The number of fused-ring (bicyclic) bond motifs is 1. The molecule has 0 aromatic heterocycles. The van der Waals surface area contributed by atoms with E-state index in [9.17, 15) is 9.90 Å². The smallest absolute Gasteiger partial charge is 0.282 e. The minimum Gasteiger partial charge on any atom is -0.508 e. The van der Waals surface area contributed by atoms with Gasteiger partial charge in [0.1, 0.15) is 11.5 Å². The Bertz CT molecular complexity index is 997. The molecule has 7 heteroatoms. The highest BCUT2D eigenvalue weighted by Gasteiger charge is 2.42. The second kappa shape index (κ2) is 8.17. The maximum Gasteiger partial charge on any atom is 0.282 e. The van der Waals surface area contributed by atoms with Crippen LogP contribution in [0.4, 0.5) is 5.69 Å². The van der Waals surface area contributed by atoms with E-state index in [0.717, 1.165) is 24.3 Å². The predicted molar refractivity (Wildman–Crippen MR) is 122 cm³/mol. The van der Waals surface area contributed by atoms with Gasteiger partial charge in [0, 0.05) is 19.0 Å². The van der Waals surface area contributed by atoms with Crippen LogP contribution in [0.1, 0.15) is 37.8 Å². The summed E-state index contributed by atoms with van der Waals surface area (Å²) in [4.78, 5) is 13.2. The van der Waals surface area contributed by atoms with Gasteiger partial charge in [0.25, 0.3) is 5.91 Å². The van der Waals surface area contributed by atoms with Crippen molar-refractivity contribution in [3.05, 3.63) is 59.1 Å². The van der Waals surface area contributed by atoms with Crippen molar-refractivity contribution >= 4 is 28.9 Å². The van der Waals surface area contributed by atoms with E-state index in [-0.39, 0.29) is 23.6 Å². The molecule has 0 spiro atoms. The van der Waals surface area contributed by atoms with Crippen molar-refractivity contribution in [3.8, 4) is 5.75 Å². The van der Waals surface area contributed by atoms with Gasteiger partial charge in [-0.25, -0.2) is 5.01 Å². The number of nitrogens with zero attached hydrogens (tertiary/aromatic N) is 3. The number of phenols is 1. The zero-order valence-electron chi connectivity index (χ0n) is 17.5. The lowest BCUT2D eigenvalue weighted by atomic mass is 9.91. The first-order valence-electron chi connectivity index (χ1n) is 11.0. The van der Waals surface area contributed by atoms with Crippen LogP contribution in [-0.4, -0.2) is 34.8 Å². The van der Waals surface area contributed by atoms with E-state index >= 15 is 0 Å². The number of amides is 1. The molecular formula is C24H27ClN4O2. The Balaban J connectivity index is 1.43. The Morgan fingerprint density at radius 3 is 2.45 bits per heavy atom. The first-order chi connectivity index (χ1) is 15.0. The van der Waals surface area contributed by atoms with Crippen LogP contribution >= 0.6 is 11.6 Å². The average Bonchev–Trinajstić information content (AvgIpc) is 3.43. The van der Waals surface area contributed by atoms with Crippen LogP contribution in [0.3, 0.4) is 0 Å². The van der Waals surface area contributed by atoms with Crippen LogP contribution < -0.4 is 10.4 Å². The van der Waals surface area contributed by atoms with Crippen LogP contribution in [0.2, 0.25) is 5.02 Å². The highest BCUT2D eigenvalue weighted by atomic mass is 35.5. The SMILES string of the molecule is C[C@H]1C(C(=O)NN2CC3CCCC3C2)=NN(c2ccccc2Cl)[C@H]1c1ccc(O)cc1. The number of hydrazone groups is 1. The largest absolute Gasteiger partial charge is 0.508 e. The molecule has 1 amide bonds. The van der Waals surface area contributed by atoms with E-state index < -0.39 is 0 Å². The number of carbonyl (C=O) groups is 1. The van der Waals surface area contributed by atoms with E-state index in [1.807, 2.05) is 48.3 Å². The van der Waals surface area contributed by atoms with Gasteiger partial charge in [-0.1, -0.05) is 49.2 Å². The molecule has 6 nitrogen and oxygen atoms in total. The average molecular weight is 439 g/mol. The van der Waals surface area contributed by atoms with E-state index in [4.69, 9.17) is 16.7 Å². The molecule has 0 radical (unpaired) electrons. The molecule has 1 saturated heterocycles. The summed E-state index contributed by atoms with van der Waals surface area (Å²) in [6.45, 7) is 3.87. The fourth-order valence-electron chi connectivity index (χ4n) is 5.35. The highest BCUT2D eigenvalue weighted by molar-refractivity contribution is 6.40. The number of rotatable bonds is 4. The molecular weight excluding hydrogens is 412 g/mol. The Morgan fingerprint density at radius 1 is 1.10 bits per heavy atom. The summed E-state index contributed by atoms with van der Waals surface area (Å²) >= 11 is 6.49. The molecule has 5 rings (SSSR count). The van der Waals surface area contributed by atoms with Crippen molar-refractivity contribution in [1.29, 1.82) is 0 Å². The van der Waals surface area contributed by atoms with Gasteiger partial charge in [0.05, 0.1) is 16.8 Å². The molecule has 2 aromatic carbocycles. The second-order valence-corrected chi connectivity index (χ2v) is 9.31. The summed E-state index contributed by atoms with van der Waals surface area (Å²) in [6, 6.07) is 14.4. The molecule has 0 bridgehead atoms. The third-order valence-corrected chi connectivity index (χ3v) is 7.26. The summed E-state index contributed by atoms with van der Waals surface area (Å²) in [5.41, 5.74) is 5.33. The molecule has 1 saturated carbocycles. The van der Waals surface area contributed by atoms with Gasteiger partial charge in [-0.15, -0.1) is 0 Å². The second-order valence-electron chi connectivity index (χ2n) is 8.90. The van der Waals surface area contributed by atoms with Gasteiger partial charge in [-0.2, -0.15) is 5.10 Å². The molecule has 1 aliphatic carbocycles. The summed E-state index contributed by atoms with van der Waals surface area (Å²) in [5.74, 6) is 1.31. The number of hydrogen-bond donors (Lipinski definition) is 2.